The number of hydrogen-bond acceptors (Lipinski definition) is 3. The van der Waals surface area contributed by atoms with Crippen LogP contribution in [0.5, 0.6) is 11.5 Å². The van der Waals surface area contributed by atoms with Crippen molar-refractivity contribution in [2.75, 3.05) is 0 Å². The Morgan fingerprint density at radius 1 is 0.509 bits per heavy atom. The molecule has 4 heterocycles. The van der Waals surface area contributed by atoms with Crippen LogP contribution in [0.3, 0.4) is 0 Å². The molecule has 5 nitrogen and oxygen atoms in total. The zero-order valence-corrected chi connectivity index (χ0v) is 30.2. The second-order valence-electron chi connectivity index (χ2n) is 14.6. The van der Waals surface area contributed by atoms with Gasteiger partial charge in [-0.05, 0) is 106 Å². The van der Waals surface area contributed by atoms with Crippen LogP contribution in [0.25, 0.3) is 77.1 Å². The molecule has 0 radical (unpaired) electrons. The minimum absolute atomic E-state index is 0.405. The van der Waals surface area contributed by atoms with Gasteiger partial charge in [-0.15, -0.1) is 0 Å². The monoisotopic (exact) mass is 686 g/mol. The number of aromatic nitrogens is 4. The Balaban J connectivity index is 1.16. The van der Waals surface area contributed by atoms with Crippen molar-refractivity contribution in [1.82, 2.24) is 18.9 Å². The first-order chi connectivity index (χ1) is 25.9. The maximum absolute atomic E-state index is 6.69. The molecular formula is C48H38N4O. The van der Waals surface area contributed by atoms with Crippen LogP contribution in [0.15, 0.2) is 146 Å². The summed E-state index contributed by atoms with van der Waals surface area (Å²) in [7, 11) is 0. The molecular weight excluding hydrogens is 649 g/mol. The molecule has 0 saturated heterocycles. The summed E-state index contributed by atoms with van der Waals surface area (Å²) in [5, 5.41) is 5.72. The van der Waals surface area contributed by atoms with E-state index in [0.29, 0.717) is 11.8 Å². The maximum atomic E-state index is 6.69. The summed E-state index contributed by atoms with van der Waals surface area (Å²) >= 11 is 0. The van der Waals surface area contributed by atoms with E-state index >= 15 is 0 Å². The van der Waals surface area contributed by atoms with Gasteiger partial charge in [0.1, 0.15) is 23.0 Å². The Labute approximate surface area is 307 Å². The van der Waals surface area contributed by atoms with Crippen molar-refractivity contribution >= 4 is 60.2 Å². The molecule has 0 spiro atoms. The molecule has 0 aliphatic carbocycles. The van der Waals surface area contributed by atoms with Gasteiger partial charge in [-0.3, -0.25) is 8.97 Å². The molecule has 0 amide bonds. The van der Waals surface area contributed by atoms with Gasteiger partial charge in [0.2, 0.25) is 0 Å². The molecule has 6 aromatic carbocycles. The maximum Gasteiger partial charge on any atom is 0.146 e. The Hall–Kier alpha value is -6.46. The molecule has 53 heavy (non-hydrogen) atoms. The number of fused-ring (bicyclic) bond motifs is 11. The topological polar surface area (TPSA) is 44.3 Å². The highest BCUT2D eigenvalue weighted by Gasteiger charge is 2.20. The van der Waals surface area contributed by atoms with Gasteiger partial charge < -0.3 is 4.74 Å². The quantitative estimate of drug-likeness (QED) is 0.164. The molecule has 0 saturated carbocycles. The van der Waals surface area contributed by atoms with Gasteiger partial charge in [0.25, 0.3) is 0 Å². The van der Waals surface area contributed by atoms with Crippen LogP contribution in [0.1, 0.15) is 50.7 Å². The van der Waals surface area contributed by atoms with Crippen molar-refractivity contribution in [3.63, 3.8) is 0 Å². The van der Waals surface area contributed by atoms with E-state index in [4.69, 9.17) is 14.7 Å². The van der Waals surface area contributed by atoms with Gasteiger partial charge in [-0.2, -0.15) is 0 Å². The Kier molecular flexibility index (Phi) is 7.12. The lowest BCUT2D eigenvalue weighted by Crippen LogP contribution is -2.00. The third-order valence-electron chi connectivity index (χ3n) is 10.7. The van der Waals surface area contributed by atoms with Crippen LogP contribution in [0.2, 0.25) is 0 Å². The van der Waals surface area contributed by atoms with Crippen molar-refractivity contribution in [1.29, 1.82) is 0 Å². The molecule has 0 N–H and O–H groups in total. The standard InChI is InChI=1S/C48H38N4O/c1-29(2)34-13-11-14-35(30(3)4)47(34)31-19-22-38-36-23-20-32(27-40(36)48-50-41-15-6-8-17-43(41)52(48)44(38)26-31)53-33-21-24-39-37-12-5-7-16-42(37)51(45(39)28-33)46-18-9-10-25-49-46/h5-30H,1-4H3. The fourth-order valence-corrected chi connectivity index (χ4v) is 8.32. The Morgan fingerprint density at radius 2 is 1.17 bits per heavy atom. The van der Waals surface area contributed by atoms with Crippen LogP contribution < -0.4 is 4.74 Å². The largest absolute Gasteiger partial charge is 0.457 e. The molecule has 0 unspecified atom stereocenters. The minimum atomic E-state index is 0.405. The van der Waals surface area contributed by atoms with E-state index in [1.54, 1.807) is 0 Å². The summed E-state index contributed by atoms with van der Waals surface area (Å²) in [6.45, 7) is 9.15. The molecule has 10 aromatic rings. The minimum Gasteiger partial charge on any atom is -0.457 e. The highest BCUT2D eigenvalue weighted by molar-refractivity contribution is 6.15. The highest BCUT2D eigenvalue weighted by Crippen LogP contribution is 2.41. The number of rotatable bonds is 6. The summed E-state index contributed by atoms with van der Waals surface area (Å²) in [6.07, 6.45) is 1.84. The molecule has 10 rings (SSSR count). The van der Waals surface area contributed by atoms with Gasteiger partial charge in [0.15, 0.2) is 0 Å². The molecule has 0 aliphatic heterocycles. The fourth-order valence-electron chi connectivity index (χ4n) is 8.32. The van der Waals surface area contributed by atoms with E-state index in [-0.39, 0.29) is 0 Å². The molecule has 0 bridgehead atoms. The molecule has 4 aromatic heterocycles. The SMILES string of the molecule is CC(C)c1cccc(C(C)C)c1-c1ccc2c3ccc(Oc4ccc5c6ccccc6n(-c6ccccn6)c5c4)cc3c3nc4ccccc4n3c2c1. The number of hydrogen-bond donors (Lipinski definition) is 0. The van der Waals surface area contributed by atoms with Crippen LogP contribution in [-0.4, -0.2) is 18.9 Å². The van der Waals surface area contributed by atoms with Gasteiger partial charge in [0.05, 0.1) is 27.6 Å². The van der Waals surface area contributed by atoms with E-state index in [2.05, 4.69) is 158 Å². The summed E-state index contributed by atoms with van der Waals surface area (Å²) in [6, 6.07) is 49.4. The van der Waals surface area contributed by atoms with E-state index in [9.17, 15) is 0 Å². The van der Waals surface area contributed by atoms with Gasteiger partial charge in [-0.25, -0.2) is 9.97 Å². The predicted molar refractivity (Wildman–Crippen MR) is 220 cm³/mol. The lowest BCUT2D eigenvalue weighted by atomic mass is 9.84. The Bertz CT molecular complexity index is 3020. The average Bonchev–Trinajstić information content (AvgIpc) is 3.74. The summed E-state index contributed by atoms with van der Waals surface area (Å²) in [5.41, 5.74) is 11.6. The van der Waals surface area contributed by atoms with E-state index in [0.717, 1.165) is 66.7 Å². The highest BCUT2D eigenvalue weighted by atomic mass is 16.5. The van der Waals surface area contributed by atoms with Crippen LogP contribution >= 0.6 is 0 Å². The number of benzene rings is 6. The second kappa shape index (κ2) is 12.1. The first-order valence-electron chi connectivity index (χ1n) is 18.5. The van der Waals surface area contributed by atoms with E-state index in [1.165, 1.54) is 33.0 Å². The Morgan fingerprint density at radius 3 is 1.94 bits per heavy atom. The predicted octanol–water partition coefficient (Wildman–Crippen LogP) is 13.0. The number of pyridine rings is 2. The van der Waals surface area contributed by atoms with Crippen molar-refractivity contribution in [2.24, 2.45) is 0 Å². The van der Waals surface area contributed by atoms with Gasteiger partial charge >= 0.3 is 0 Å². The van der Waals surface area contributed by atoms with E-state index in [1.807, 2.05) is 24.4 Å². The normalized spacial score (nSPS) is 12.1. The molecule has 0 fully saturated rings. The first kappa shape index (κ1) is 31.3. The zero-order valence-electron chi connectivity index (χ0n) is 30.2. The fraction of sp³-hybridized carbons (Fsp3) is 0.125. The lowest BCUT2D eigenvalue weighted by molar-refractivity contribution is 0.484. The second-order valence-corrected chi connectivity index (χ2v) is 14.6. The van der Waals surface area contributed by atoms with Crippen molar-refractivity contribution < 1.29 is 4.74 Å². The first-order valence-corrected chi connectivity index (χ1v) is 18.5. The van der Waals surface area contributed by atoms with Crippen LogP contribution in [0.4, 0.5) is 0 Å². The summed E-state index contributed by atoms with van der Waals surface area (Å²) < 4.78 is 11.2. The summed E-state index contributed by atoms with van der Waals surface area (Å²) in [5.74, 6) is 3.20. The van der Waals surface area contributed by atoms with Crippen molar-refractivity contribution in [3.8, 4) is 28.4 Å². The van der Waals surface area contributed by atoms with Gasteiger partial charge in [-0.1, -0.05) is 94.4 Å². The smallest absolute Gasteiger partial charge is 0.146 e. The zero-order chi connectivity index (χ0) is 35.8. The molecule has 0 aliphatic rings. The summed E-state index contributed by atoms with van der Waals surface area (Å²) in [4.78, 5) is 9.94. The van der Waals surface area contributed by atoms with E-state index < -0.39 is 0 Å². The van der Waals surface area contributed by atoms with Crippen molar-refractivity contribution in [3.05, 3.63) is 157 Å². The number of imidazole rings is 1. The third-order valence-corrected chi connectivity index (χ3v) is 10.7. The number of para-hydroxylation sites is 3. The molecule has 256 valence electrons. The van der Waals surface area contributed by atoms with Crippen LogP contribution in [-0.2, 0) is 0 Å². The molecule has 5 heteroatoms. The average molecular weight is 687 g/mol. The number of ether oxygens (including phenoxy) is 1. The third kappa shape index (κ3) is 4.91. The van der Waals surface area contributed by atoms with Crippen LogP contribution in [0, 0.1) is 0 Å². The van der Waals surface area contributed by atoms with Crippen molar-refractivity contribution in [2.45, 2.75) is 39.5 Å². The lowest BCUT2D eigenvalue weighted by Gasteiger charge is -2.21. The molecule has 0 atom stereocenters. The van der Waals surface area contributed by atoms with Gasteiger partial charge in [0, 0.05) is 33.8 Å². The number of nitrogens with zero attached hydrogens (tertiary/aromatic N) is 4.